The van der Waals surface area contributed by atoms with E-state index >= 15 is 0 Å². The second-order valence-electron chi connectivity index (χ2n) is 7.63. The second-order valence-corrected chi connectivity index (χ2v) is 7.63. The zero-order valence-electron chi connectivity index (χ0n) is 16.9. The van der Waals surface area contributed by atoms with Gasteiger partial charge in [0.25, 0.3) is 0 Å². The van der Waals surface area contributed by atoms with E-state index < -0.39 is 0 Å². The summed E-state index contributed by atoms with van der Waals surface area (Å²) in [5, 5.41) is 3.13. The summed E-state index contributed by atoms with van der Waals surface area (Å²) in [6, 6.07) is 18.8. The number of rotatable bonds is 5. The smallest absolute Gasteiger partial charge is 0.317 e. The molecule has 0 aromatic heterocycles. The predicted octanol–water partition coefficient (Wildman–Crippen LogP) is 2.55. The van der Waals surface area contributed by atoms with Crippen molar-refractivity contribution in [3.63, 3.8) is 0 Å². The van der Waals surface area contributed by atoms with Gasteiger partial charge < -0.3 is 19.9 Å². The van der Waals surface area contributed by atoms with Gasteiger partial charge in [-0.05, 0) is 23.3 Å². The molecule has 2 fully saturated rings. The monoisotopic (exact) mass is 394 g/mol. The summed E-state index contributed by atoms with van der Waals surface area (Å²) in [5.41, 5.74) is 3.70. The summed E-state index contributed by atoms with van der Waals surface area (Å²) in [5.74, 6) is 0. The maximum Gasteiger partial charge on any atom is 0.317 e. The van der Waals surface area contributed by atoms with Crippen LogP contribution in [0.2, 0.25) is 0 Å². The Labute approximate surface area is 173 Å². The summed E-state index contributed by atoms with van der Waals surface area (Å²) in [6.07, 6.45) is 0. The van der Waals surface area contributed by atoms with Crippen LogP contribution in [0.4, 0.5) is 10.5 Å². The number of anilines is 1. The molecule has 2 aromatic rings. The van der Waals surface area contributed by atoms with Gasteiger partial charge in [0.15, 0.2) is 0 Å². The third-order valence-corrected chi connectivity index (χ3v) is 5.73. The van der Waals surface area contributed by atoms with E-state index in [0.29, 0.717) is 6.54 Å². The van der Waals surface area contributed by atoms with Crippen molar-refractivity contribution in [2.45, 2.75) is 13.1 Å². The highest BCUT2D eigenvalue weighted by Crippen LogP contribution is 2.16. The third-order valence-electron chi connectivity index (χ3n) is 5.73. The van der Waals surface area contributed by atoms with Crippen LogP contribution in [0.5, 0.6) is 0 Å². The van der Waals surface area contributed by atoms with Gasteiger partial charge in [-0.25, -0.2) is 4.79 Å². The van der Waals surface area contributed by atoms with Crippen LogP contribution in [-0.4, -0.2) is 68.3 Å². The van der Waals surface area contributed by atoms with E-state index in [1.807, 2.05) is 17.0 Å². The Morgan fingerprint density at radius 2 is 1.48 bits per heavy atom. The number of piperazine rings is 1. The lowest BCUT2D eigenvalue weighted by Gasteiger charge is -2.36. The molecule has 6 nitrogen and oxygen atoms in total. The predicted molar refractivity (Wildman–Crippen MR) is 115 cm³/mol. The molecule has 0 radical (unpaired) electrons. The molecule has 29 heavy (non-hydrogen) atoms. The molecular formula is C23H30N4O2. The van der Waals surface area contributed by atoms with Crippen molar-refractivity contribution in [3.8, 4) is 0 Å². The van der Waals surface area contributed by atoms with Crippen LogP contribution in [0.3, 0.4) is 0 Å². The average Bonchev–Trinajstić information content (AvgIpc) is 2.80. The second kappa shape index (κ2) is 9.76. The van der Waals surface area contributed by atoms with Gasteiger partial charge in [0.1, 0.15) is 0 Å². The molecule has 0 saturated carbocycles. The highest BCUT2D eigenvalue weighted by Gasteiger charge is 2.21. The summed E-state index contributed by atoms with van der Waals surface area (Å²) >= 11 is 0. The van der Waals surface area contributed by atoms with Gasteiger partial charge in [0.2, 0.25) is 0 Å². The van der Waals surface area contributed by atoms with Gasteiger partial charge in [0, 0.05) is 58.0 Å². The molecule has 6 heteroatoms. The van der Waals surface area contributed by atoms with Crippen LogP contribution in [-0.2, 0) is 17.8 Å². The van der Waals surface area contributed by atoms with Gasteiger partial charge in [-0.2, -0.15) is 0 Å². The van der Waals surface area contributed by atoms with Crippen molar-refractivity contribution in [2.75, 3.05) is 57.4 Å². The molecule has 2 aliphatic rings. The van der Waals surface area contributed by atoms with Gasteiger partial charge >= 0.3 is 6.03 Å². The van der Waals surface area contributed by atoms with Crippen molar-refractivity contribution in [2.24, 2.45) is 0 Å². The Hall–Kier alpha value is -2.57. The summed E-state index contributed by atoms with van der Waals surface area (Å²) in [7, 11) is 0. The Morgan fingerprint density at radius 3 is 2.21 bits per heavy atom. The first-order valence-corrected chi connectivity index (χ1v) is 10.5. The Kier molecular flexibility index (Phi) is 6.64. The molecule has 0 spiro atoms. The van der Waals surface area contributed by atoms with Gasteiger partial charge in [-0.15, -0.1) is 0 Å². The van der Waals surface area contributed by atoms with Gasteiger partial charge in [-0.3, -0.25) is 4.90 Å². The molecule has 2 heterocycles. The van der Waals surface area contributed by atoms with E-state index in [9.17, 15) is 4.79 Å². The van der Waals surface area contributed by atoms with E-state index in [0.717, 1.165) is 59.0 Å². The molecular weight excluding hydrogens is 364 g/mol. The molecule has 0 bridgehead atoms. The molecule has 154 valence electrons. The number of amides is 2. The number of benzene rings is 2. The summed E-state index contributed by atoms with van der Waals surface area (Å²) in [4.78, 5) is 19.4. The number of hydrogen-bond acceptors (Lipinski definition) is 4. The molecule has 0 aliphatic carbocycles. The number of para-hydroxylation sites is 1. The Morgan fingerprint density at radius 1 is 0.828 bits per heavy atom. The lowest BCUT2D eigenvalue weighted by molar-refractivity contribution is 0.0341. The third kappa shape index (κ3) is 5.28. The topological polar surface area (TPSA) is 48.1 Å². The SMILES string of the molecule is O=C(NCc1ccccc1CN1CCOCC1)N1CCN(c2ccccc2)CC1. The lowest BCUT2D eigenvalue weighted by atomic mass is 10.1. The number of urea groups is 1. The minimum atomic E-state index is 0.0267. The largest absolute Gasteiger partial charge is 0.379 e. The standard InChI is InChI=1S/C23H30N4O2/c28-23(27-12-10-26(11-13-27)22-8-2-1-3-9-22)24-18-20-6-4-5-7-21(20)19-25-14-16-29-17-15-25/h1-9H,10-19H2,(H,24,28). The highest BCUT2D eigenvalue weighted by molar-refractivity contribution is 5.74. The number of nitrogens with one attached hydrogen (secondary N) is 1. The van der Waals surface area contributed by atoms with Crippen LogP contribution >= 0.6 is 0 Å². The molecule has 4 rings (SSSR count). The Bertz CT molecular complexity index is 784. The van der Waals surface area contributed by atoms with Crippen molar-refractivity contribution in [1.82, 2.24) is 15.1 Å². The van der Waals surface area contributed by atoms with E-state index in [1.54, 1.807) is 0 Å². The van der Waals surface area contributed by atoms with Crippen molar-refractivity contribution in [1.29, 1.82) is 0 Å². The van der Waals surface area contributed by atoms with E-state index in [2.05, 4.69) is 57.6 Å². The maximum atomic E-state index is 12.7. The van der Waals surface area contributed by atoms with E-state index in [-0.39, 0.29) is 6.03 Å². The normalized spacial score (nSPS) is 17.9. The first-order valence-electron chi connectivity index (χ1n) is 10.5. The van der Waals surface area contributed by atoms with Gasteiger partial charge in [-0.1, -0.05) is 42.5 Å². The molecule has 1 N–H and O–H groups in total. The highest BCUT2D eigenvalue weighted by atomic mass is 16.5. The van der Waals surface area contributed by atoms with Crippen molar-refractivity contribution < 1.29 is 9.53 Å². The van der Waals surface area contributed by atoms with Gasteiger partial charge in [0.05, 0.1) is 13.2 Å². The van der Waals surface area contributed by atoms with Crippen LogP contribution in [0.15, 0.2) is 54.6 Å². The fourth-order valence-electron chi connectivity index (χ4n) is 3.97. The van der Waals surface area contributed by atoms with Crippen LogP contribution < -0.4 is 10.2 Å². The van der Waals surface area contributed by atoms with Crippen LogP contribution in [0, 0.1) is 0 Å². The number of carbonyl (C=O) groups excluding carboxylic acids is 1. The number of morpholine rings is 1. The lowest BCUT2D eigenvalue weighted by Crippen LogP contribution is -2.51. The van der Waals surface area contributed by atoms with Crippen molar-refractivity contribution >= 4 is 11.7 Å². The van der Waals surface area contributed by atoms with E-state index in [1.165, 1.54) is 16.8 Å². The zero-order chi connectivity index (χ0) is 19.9. The minimum absolute atomic E-state index is 0.0267. The van der Waals surface area contributed by atoms with Crippen LogP contribution in [0.25, 0.3) is 0 Å². The van der Waals surface area contributed by atoms with E-state index in [4.69, 9.17) is 4.74 Å². The molecule has 0 unspecified atom stereocenters. The molecule has 0 atom stereocenters. The zero-order valence-corrected chi connectivity index (χ0v) is 16.9. The van der Waals surface area contributed by atoms with Crippen LogP contribution in [0.1, 0.15) is 11.1 Å². The summed E-state index contributed by atoms with van der Waals surface area (Å²) in [6.45, 7) is 8.23. The maximum absolute atomic E-state index is 12.7. The molecule has 2 aromatic carbocycles. The summed E-state index contributed by atoms with van der Waals surface area (Å²) < 4.78 is 5.44. The first kappa shape index (κ1) is 19.7. The molecule has 2 saturated heterocycles. The van der Waals surface area contributed by atoms with Crippen molar-refractivity contribution in [3.05, 3.63) is 65.7 Å². The minimum Gasteiger partial charge on any atom is -0.379 e. The Balaban J connectivity index is 1.28. The number of carbonyl (C=O) groups is 1. The molecule has 2 amide bonds. The fraction of sp³-hybridized carbons (Fsp3) is 0.435. The number of hydrogen-bond donors (Lipinski definition) is 1. The first-order chi connectivity index (χ1) is 14.3. The number of ether oxygens (including phenoxy) is 1. The number of nitrogens with zero attached hydrogens (tertiary/aromatic N) is 3. The molecule has 2 aliphatic heterocycles. The quantitative estimate of drug-likeness (QED) is 0.847. The fourth-order valence-corrected chi connectivity index (χ4v) is 3.97. The average molecular weight is 395 g/mol.